The van der Waals surface area contributed by atoms with Crippen molar-refractivity contribution < 1.29 is 5.11 Å². The molecule has 0 saturated carbocycles. The molecular formula is C15H17N5O3. The lowest BCUT2D eigenvalue weighted by Gasteiger charge is -2.36. The van der Waals surface area contributed by atoms with E-state index in [0.717, 1.165) is 0 Å². The van der Waals surface area contributed by atoms with Crippen molar-refractivity contribution in [1.82, 2.24) is 20.8 Å². The number of aromatic nitrogens is 2. The number of fused-ring (bicyclic) bond motifs is 2. The lowest BCUT2D eigenvalue weighted by molar-refractivity contribution is 0.374. The summed E-state index contributed by atoms with van der Waals surface area (Å²) in [7, 11) is 0. The molecule has 1 aromatic carbocycles. The van der Waals surface area contributed by atoms with Crippen LogP contribution in [0.5, 0.6) is 5.75 Å². The number of hydrazine groups is 1. The van der Waals surface area contributed by atoms with Crippen LogP contribution in [0.15, 0.2) is 33.9 Å². The van der Waals surface area contributed by atoms with Crippen LogP contribution >= 0.6 is 0 Å². The van der Waals surface area contributed by atoms with Crippen molar-refractivity contribution >= 4 is 5.82 Å². The molecule has 6 N–H and O–H groups in total. The maximum absolute atomic E-state index is 12.4. The van der Waals surface area contributed by atoms with E-state index in [1.807, 2.05) is 19.1 Å². The molecule has 8 heteroatoms. The predicted molar refractivity (Wildman–Crippen MR) is 84.3 cm³/mol. The molecule has 2 aliphatic heterocycles. The lowest BCUT2D eigenvalue weighted by Crippen LogP contribution is -2.47. The van der Waals surface area contributed by atoms with Crippen LogP contribution in [0.2, 0.25) is 0 Å². The Hall–Kier alpha value is -2.58. The van der Waals surface area contributed by atoms with Gasteiger partial charge < -0.3 is 10.4 Å². The molecule has 0 aliphatic carbocycles. The molecule has 23 heavy (non-hydrogen) atoms. The average molecular weight is 315 g/mol. The van der Waals surface area contributed by atoms with Gasteiger partial charge in [-0.1, -0.05) is 18.2 Å². The van der Waals surface area contributed by atoms with Gasteiger partial charge in [0.05, 0.1) is 11.7 Å². The zero-order chi connectivity index (χ0) is 16.1. The summed E-state index contributed by atoms with van der Waals surface area (Å²) >= 11 is 0. The predicted octanol–water partition coefficient (Wildman–Crippen LogP) is -0.235. The molecule has 0 amide bonds. The molecule has 2 aromatic rings. The maximum Gasteiger partial charge on any atom is 0.327 e. The van der Waals surface area contributed by atoms with E-state index in [2.05, 4.69) is 26.1 Å². The van der Waals surface area contributed by atoms with Gasteiger partial charge in [-0.25, -0.2) is 10.2 Å². The normalized spacial score (nSPS) is 28.7. The first-order valence-electron chi connectivity index (χ1n) is 7.48. The van der Waals surface area contributed by atoms with Gasteiger partial charge in [0.1, 0.15) is 11.6 Å². The summed E-state index contributed by atoms with van der Waals surface area (Å²) in [4.78, 5) is 29.0. The van der Waals surface area contributed by atoms with Gasteiger partial charge in [-0.15, -0.1) is 0 Å². The molecule has 0 bridgehead atoms. The Balaban J connectivity index is 1.99. The van der Waals surface area contributed by atoms with Crippen molar-refractivity contribution in [2.75, 3.05) is 5.32 Å². The summed E-state index contributed by atoms with van der Waals surface area (Å²) in [6.07, 6.45) is -0.167. The molecule has 0 radical (unpaired) electrons. The Morgan fingerprint density at radius 2 is 1.87 bits per heavy atom. The Kier molecular flexibility index (Phi) is 3.03. The van der Waals surface area contributed by atoms with E-state index in [-0.39, 0.29) is 29.8 Å². The van der Waals surface area contributed by atoms with E-state index in [1.54, 1.807) is 12.1 Å². The quantitative estimate of drug-likeness (QED) is 0.432. The zero-order valence-corrected chi connectivity index (χ0v) is 12.4. The minimum atomic E-state index is -0.560. The summed E-state index contributed by atoms with van der Waals surface area (Å²) in [5.74, 6) is 0.156. The third-order valence-corrected chi connectivity index (χ3v) is 4.68. The highest BCUT2D eigenvalue weighted by molar-refractivity contribution is 5.55. The van der Waals surface area contributed by atoms with Crippen LogP contribution in [0.1, 0.15) is 24.0 Å². The number of aromatic hydroxyl groups is 1. The van der Waals surface area contributed by atoms with Crippen LogP contribution in [-0.2, 0) is 0 Å². The molecule has 4 rings (SSSR count). The molecule has 4 unspecified atom stereocenters. The van der Waals surface area contributed by atoms with Gasteiger partial charge >= 0.3 is 5.69 Å². The minimum Gasteiger partial charge on any atom is -0.508 e. The van der Waals surface area contributed by atoms with Crippen molar-refractivity contribution in [3.05, 3.63) is 56.2 Å². The number of H-pyrrole nitrogens is 2. The van der Waals surface area contributed by atoms with Gasteiger partial charge in [-0.3, -0.25) is 20.2 Å². The third kappa shape index (κ3) is 2.07. The fraction of sp³-hybridized carbons (Fsp3) is 0.333. The average Bonchev–Trinajstić information content (AvgIpc) is 2.87. The summed E-state index contributed by atoms with van der Waals surface area (Å²) in [5, 5.41) is 13.5. The molecule has 1 aromatic heterocycles. The third-order valence-electron chi connectivity index (χ3n) is 4.68. The lowest BCUT2D eigenvalue weighted by atomic mass is 9.74. The van der Waals surface area contributed by atoms with Crippen LogP contribution in [-0.4, -0.2) is 27.3 Å². The Morgan fingerprint density at radius 1 is 1.09 bits per heavy atom. The standard InChI is InChI=1S/C15H17N5O3/c1-6-9-10(7-4-2-3-5-8(7)21)11-12(16-13(9)20-19-6)17-15(23)18-14(11)22/h2-6,9-10,13,19-21H,1H3,(H3,16,17,18,22,23). The van der Waals surface area contributed by atoms with E-state index in [4.69, 9.17) is 0 Å². The van der Waals surface area contributed by atoms with Gasteiger partial charge in [0.25, 0.3) is 5.56 Å². The van der Waals surface area contributed by atoms with Gasteiger partial charge in [0.15, 0.2) is 0 Å². The van der Waals surface area contributed by atoms with Gasteiger partial charge in [-0.2, -0.15) is 0 Å². The Bertz CT molecular complexity index is 874. The summed E-state index contributed by atoms with van der Waals surface area (Å²) < 4.78 is 0. The second-order valence-corrected chi connectivity index (χ2v) is 6.01. The first kappa shape index (κ1) is 14.0. The number of benzene rings is 1. The molecule has 1 saturated heterocycles. The number of hydrogen-bond donors (Lipinski definition) is 6. The fourth-order valence-electron chi connectivity index (χ4n) is 3.68. The van der Waals surface area contributed by atoms with Crippen LogP contribution in [0.25, 0.3) is 0 Å². The van der Waals surface area contributed by atoms with Crippen LogP contribution in [0, 0.1) is 5.92 Å². The topological polar surface area (TPSA) is 122 Å². The molecule has 4 atom stereocenters. The molecule has 2 aliphatic rings. The number of nitrogens with one attached hydrogen (secondary N) is 5. The second-order valence-electron chi connectivity index (χ2n) is 6.01. The molecule has 8 nitrogen and oxygen atoms in total. The molecule has 1 fully saturated rings. The van der Waals surface area contributed by atoms with E-state index >= 15 is 0 Å². The monoisotopic (exact) mass is 315 g/mol. The highest BCUT2D eigenvalue weighted by atomic mass is 16.3. The van der Waals surface area contributed by atoms with Crippen molar-refractivity contribution in [2.24, 2.45) is 5.92 Å². The van der Waals surface area contributed by atoms with Crippen LogP contribution in [0.3, 0.4) is 0 Å². The highest BCUT2D eigenvalue weighted by Gasteiger charge is 2.46. The SMILES string of the molecule is CC1NNC2Nc3[nH]c(=O)[nH]c(=O)c3C(c3ccccc3O)C12. The zero-order valence-electron chi connectivity index (χ0n) is 12.4. The van der Waals surface area contributed by atoms with Crippen molar-refractivity contribution in [3.63, 3.8) is 0 Å². The number of phenolic OH excluding ortho intramolecular Hbond substituents is 1. The first-order valence-corrected chi connectivity index (χ1v) is 7.48. The number of para-hydroxylation sites is 1. The van der Waals surface area contributed by atoms with E-state index < -0.39 is 11.2 Å². The number of anilines is 1. The smallest absolute Gasteiger partial charge is 0.327 e. The molecule has 120 valence electrons. The highest BCUT2D eigenvalue weighted by Crippen LogP contribution is 2.44. The van der Waals surface area contributed by atoms with E-state index in [1.165, 1.54) is 0 Å². The number of hydrogen-bond acceptors (Lipinski definition) is 6. The van der Waals surface area contributed by atoms with Crippen LogP contribution in [0.4, 0.5) is 5.82 Å². The number of phenols is 1. The van der Waals surface area contributed by atoms with Crippen molar-refractivity contribution in [1.29, 1.82) is 0 Å². The van der Waals surface area contributed by atoms with E-state index in [9.17, 15) is 14.7 Å². The van der Waals surface area contributed by atoms with Crippen molar-refractivity contribution in [3.8, 4) is 5.75 Å². The van der Waals surface area contributed by atoms with Gasteiger partial charge in [0.2, 0.25) is 0 Å². The fourth-order valence-corrected chi connectivity index (χ4v) is 3.68. The second kappa shape index (κ2) is 4.97. The summed E-state index contributed by atoms with van der Waals surface area (Å²) in [5.41, 5.74) is 6.38. The maximum atomic E-state index is 12.4. The largest absolute Gasteiger partial charge is 0.508 e. The Labute approximate surface area is 130 Å². The van der Waals surface area contributed by atoms with Gasteiger partial charge in [0, 0.05) is 23.4 Å². The number of rotatable bonds is 1. The first-order chi connectivity index (χ1) is 11.1. The summed E-state index contributed by atoms with van der Waals surface area (Å²) in [6, 6.07) is 7.04. The Morgan fingerprint density at radius 3 is 2.65 bits per heavy atom. The van der Waals surface area contributed by atoms with E-state index in [0.29, 0.717) is 16.9 Å². The molecule has 0 spiro atoms. The van der Waals surface area contributed by atoms with Crippen LogP contribution < -0.4 is 27.4 Å². The summed E-state index contributed by atoms with van der Waals surface area (Å²) in [6.45, 7) is 2.01. The minimum absolute atomic E-state index is 0.0113. The van der Waals surface area contributed by atoms with Crippen molar-refractivity contribution in [2.45, 2.75) is 25.0 Å². The molecular weight excluding hydrogens is 298 g/mol. The van der Waals surface area contributed by atoms with Gasteiger partial charge in [-0.05, 0) is 13.0 Å². The molecule has 3 heterocycles. The number of aromatic amines is 2.